The molecule has 27 unspecified atom stereocenters. The summed E-state index contributed by atoms with van der Waals surface area (Å²) >= 11 is 0. The Balaban J connectivity index is 0.876. The van der Waals surface area contributed by atoms with Crippen molar-refractivity contribution in [3.8, 4) is 0 Å². The summed E-state index contributed by atoms with van der Waals surface area (Å²) in [5, 5.41) is 168. The lowest BCUT2D eigenvalue weighted by molar-refractivity contribution is -0.394. The van der Waals surface area contributed by atoms with Gasteiger partial charge in [-0.2, -0.15) is 0 Å². The van der Waals surface area contributed by atoms with Crippen molar-refractivity contribution in [1.82, 2.24) is 0 Å². The summed E-state index contributed by atoms with van der Waals surface area (Å²) in [6, 6.07) is 0. The van der Waals surface area contributed by atoms with Gasteiger partial charge in [0, 0.05) is 20.5 Å². The lowest BCUT2D eigenvalue weighted by Gasteiger charge is -2.64. The number of rotatable bonds is 18. The van der Waals surface area contributed by atoms with E-state index in [9.17, 15) is 86.2 Å². The average Bonchev–Trinajstić information content (AvgIpc) is 1.46. The van der Waals surface area contributed by atoms with E-state index >= 15 is 0 Å². The molecule has 0 bridgehead atoms. The molecule has 10 rings (SSSR count). The predicted octanol–water partition coefficient (Wildman–Crippen LogP) is -3.94. The fraction of sp³-hybridized carbons (Fsp3) is 0.903. The highest BCUT2D eigenvalue weighted by Crippen LogP contribution is 2.77. The van der Waals surface area contributed by atoms with E-state index in [0.717, 1.165) is 5.57 Å². The minimum Gasteiger partial charge on any atom is -0.460 e. The number of aliphatic hydroxyl groups excluding tert-OH is 14. The molecule has 9 fully saturated rings. The fourth-order valence-corrected chi connectivity index (χ4v) is 17.7. The van der Waals surface area contributed by atoms with Crippen LogP contribution in [0, 0.1) is 33.5 Å². The van der Waals surface area contributed by atoms with Gasteiger partial charge in [-0.25, -0.2) is 0 Å². The number of hydrogen-bond acceptors (Lipinski definition) is 30. The molecule has 0 radical (unpaired) electrons. The molecule has 0 aromatic carbocycles. The minimum absolute atomic E-state index is 0.148. The number of allylic oxidation sites excluding steroid dienone is 1. The summed E-state index contributed by atoms with van der Waals surface area (Å²) in [4.78, 5) is 26.5. The zero-order chi connectivity index (χ0) is 67.5. The Hall–Kier alpha value is -2.62. The number of esters is 2. The number of fused-ring (bicyclic) bond motifs is 4. The van der Waals surface area contributed by atoms with Crippen molar-refractivity contribution in [2.75, 3.05) is 33.5 Å². The van der Waals surface area contributed by atoms with E-state index in [1.54, 1.807) is 39.0 Å². The Morgan fingerprint density at radius 1 is 0.630 bits per heavy atom. The summed E-state index contributed by atoms with van der Waals surface area (Å²) in [6.07, 6.45) is -34.8. The number of cyclic esters (lactones) is 1. The van der Waals surface area contributed by atoms with Crippen LogP contribution in [0.4, 0.5) is 0 Å². The third-order valence-corrected chi connectivity index (χ3v) is 22.7. The van der Waals surface area contributed by atoms with Crippen LogP contribution < -0.4 is 0 Å². The van der Waals surface area contributed by atoms with Crippen molar-refractivity contribution >= 4 is 11.9 Å². The van der Waals surface area contributed by atoms with Crippen LogP contribution in [-0.2, 0) is 71.2 Å². The van der Waals surface area contributed by atoms with Crippen LogP contribution in [-0.4, -0.2) is 299 Å². The standard InChI is InChI=1S/C62H98O30/c1-25-46(88-53-45(77)48(38(70)31(23-65)85-53)89-52-44(76)47(80-10)37(69)30(22-64)84-52)41(73)43(75)50(82-25)90-49-39(71)32(86-51-42(74)40(72)36(68)29(21-63)83-51)24-81-54(49)87-35-14-17-58(7)28-20-34(67)62-55(78)92-60(9,16-11-15-56(3,4)91-26(2)66)61(62,79)19-18-59(62,8)27(28)12-13-33(58)57(35,5)6/h11,16,20,25,27,29-54,63-65,67-77,79H,12-15,17-19,21-24H2,1-10H3/b16-11+/t25?,27?,29?,30?,31?,32?,33?,34-,35-,36?,37?,38?,39?,40?,41?,42?,43?,44?,45?,46?,47?,48?,49?,50?,51?,52?,53?,54?,58+,59-,60-,61-,62?/m0/s1. The smallest absolute Gasteiger partial charge is 0.319 e. The van der Waals surface area contributed by atoms with Crippen molar-refractivity contribution in [2.45, 2.75) is 284 Å². The van der Waals surface area contributed by atoms with Crippen LogP contribution in [0.1, 0.15) is 107 Å². The Labute approximate surface area is 532 Å². The van der Waals surface area contributed by atoms with E-state index in [4.69, 9.17) is 61.6 Å². The molecular weight excluding hydrogens is 1220 g/mol. The monoisotopic (exact) mass is 1320 g/mol. The van der Waals surface area contributed by atoms with Crippen LogP contribution in [0.5, 0.6) is 0 Å². The van der Waals surface area contributed by atoms with Gasteiger partial charge in [-0.15, -0.1) is 0 Å². The van der Waals surface area contributed by atoms with Crippen LogP contribution in [0.2, 0.25) is 0 Å². The summed E-state index contributed by atoms with van der Waals surface area (Å²) in [7, 11) is 1.18. The van der Waals surface area contributed by atoms with Gasteiger partial charge in [0.25, 0.3) is 0 Å². The first-order valence-corrected chi connectivity index (χ1v) is 32.0. The molecule has 6 aliphatic heterocycles. The normalized spacial score (nSPS) is 51.9. The molecule has 6 heterocycles. The molecule has 526 valence electrons. The number of ether oxygens (including phenoxy) is 13. The molecule has 1 spiro atoms. The first kappa shape index (κ1) is 72.1. The molecule has 3 saturated carbocycles. The predicted molar refractivity (Wildman–Crippen MR) is 307 cm³/mol. The van der Waals surface area contributed by atoms with Gasteiger partial charge in [0.2, 0.25) is 0 Å². The summed E-state index contributed by atoms with van der Waals surface area (Å²) < 4.78 is 77.5. The van der Waals surface area contributed by atoms with Crippen molar-refractivity contribution in [1.29, 1.82) is 0 Å². The molecule has 0 aromatic heterocycles. The van der Waals surface area contributed by atoms with Gasteiger partial charge in [0.15, 0.2) is 37.1 Å². The zero-order valence-corrected chi connectivity index (χ0v) is 53.5. The highest BCUT2D eigenvalue weighted by molar-refractivity contribution is 5.87. The first-order chi connectivity index (χ1) is 43.1. The van der Waals surface area contributed by atoms with Crippen LogP contribution in [0.15, 0.2) is 23.8 Å². The Bertz CT molecular complexity index is 2660. The van der Waals surface area contributed by atoms with E-state index in [1.165, 1.54) is 21.0 Å². The van der Waals surface area contributed by atoms with E-state index in [0.29, 0.717) is 32.1 Å². The minimum atomic E-state index is -2.05. The van der Waals surface area contributed by atoms with Crippen molar-refractivity contribution in [3.63, 3.8) is 0 Å². The molecule has 0 amide bonds. The quantitative estimate of drug-likeness (QED) is 0.0354. The number of carbonyl (C=O) groups is 2. The fourth-order valence-electron chi connectivity index (χ4n) is 17.7. The number of aliphatic hydroxyl groups is 15. The number of methoxy groups -OCH3 is 1. The Morgan fingerprint density at radius 3 is 1.79 bits per heavy atom. The molecule has 6 saturated heterocycles. The highest BCUT2D eigenvalue weighted by Gasteiger charge is 2.85. The molecule has 30 heteroatoms. The molecule has 33 atom stereocenters. The van der Waals surface area contributed by atoms with Crippen molar-refractivity contribution in [3.05, 3.63) is 23.8 Å². The summed E-state index contributed by atoms with van der Waals surface area (Å²) in [5.74, 6) is -1.59. The SMILES string of the molecule is COC1C(O)C(CO)OC(OC2C(O)C(CO)OC(OC3C(C)OC(OC4C(O[C@H]5CC[C@]6(C)C7=C[C@H](O)C89C(=O)O[C@@](C)(/C=C/CC(C)(C)OC(C)=O)[C@@]8(O)CC[C@@]9(C)C7CCC6C5(C)C)OCC(OC5OC(CO)C(O)C(O)C5O)C4O)C(O)C3O)C2O)C1O. The maximum Gasteiger partial charge on any atom is 0.319 e. The second-order valence-electron chi connectivity index (χ2n) is 28.9. The van der Waals surface area contributed by atoms with Gasteiger partial charge in [0.05, 0.1) is 44.7 Å². The topological polar surface area (TPSA) is 458 Å². The van der Waals surface area contributed by atoms with Crippen molar-refractivity contribution in [2.24, 2.45) is 33.5 Å². The summed E-state index contributed by atoms with van der Waals surface area (Å²) in [6.45, 7) is 13.2. The Morgan fingerprint density at radius 2 is 1.18 bits per heavy atom. The van der Waals surface area contributed by atoms with Crippen LogP contribution >= 0.6 is 0 Å². The van der Waals surface area contributed by atoms with Gasteiger partial charge in [0.1, 0.15) is 126 Å². The molecule has 30 nitrogen and oxygen atoms in total. The molecule has 4 aliphatic carbocycles. The van der Waals surface area contributed by atoms with Gasteiger partial charge in [-0.05, 0) is 100 Å². The second kappa shape index (κ2) is 26.6. The van der Waals surface area contributed by atoms with Crippen LogP contribution in [0.25, 0.3) is 0 Å². The van der Waals surface area contributed by atoms with Gasteiger partial charge < -0.3 is 138 Å². The first-order valence-electron chi connectivity index (χ1n) is 32.0. The lowest BCUT2D eigenvalue weighted by atomic mass is 9.40. The molecule has 0 aromatic rings. The van der Waals surface area contributed by atoms with E-state index < -0.39 is 236 Å². The Kier molecular flexibility index (Phi) is 20.8. The van der Waals surface area contributed by atoms with Gasteiger partial charge >= 0.3 is 11.9 Å². The number of carbonyl (C=O) groups excluding carboxylic acids is 2. The third kappa shape index (κ3) is 11.8. The maximum atomic E-state index is 14.7. The third-order valence-electron chi connectivity index (χ3n) is 22.7. The van der Waals surface area contributed by atoms with Crippen molar-refractivity contribution < 1.29 is 148 Å². The largest absolute Gasteiger partial charge is 0.460 e. The van der Waals surface area contributed by atoms with Gasteiger partial charge in [-0.3, -0.25) is 9.59 Å². The highest BCUT2D eigenvalue weighted by atomic mass is 16.8. The van der Waals surface area contributed by atoms with Gasteiger partial charge in [-0.1, -0.05) is 45.4 Å². The zero-order valence-electron chi connectivity index (χ0n) is 53.5. The maximum absolute atomic E-state index is 14.7. The van der Waals surface area contributed by atoms with Crippen LogP contribution in [0.3, 0.4) is 0 Å². The number of hydrogen-bond donors (Lipinski definition) is 15. The molecule has 15 N–H and O–H groups in total. The van der Waals surface area contributed by atoms with E-state index in [-0.39, 0.29) is 24.7 Å². The average molecular weight is 1320 g/mol. The molecular formula is C62H98O30. The summed E-state index contributed by atoms with van der Waals surface area (Å²) in [5.41, 5.74) is -7.36. The lowest BCUT2D eigenvalue weighted by Crippen LogP contribution is -2.68. The van der Waals surface area contributed by atoms with E-state index in [1.807, 2.05) is 20.8 Å². The molecule has 92 heavy (non-hydrogen) atoms. The second-order valence-corrected chi connectivity index (χ2v) is 28.9. The van der Waals surface area contributed by atoms with E-state index in [2.05, 4.69) is 6.92 Å². The molecule has 10 aliphatic rings.